The first-order chi connectivity index (χ1) is 10.8. The summed E-state index contributed by atoms with van der Waals surface area (Å²) in [5, 5.41) is 3.39. The summed E-state index contributed by atoms with van der Waals surface area (Å²) in [6.07, 6.45) is 2.10. The van der Waals surface area contributed by atoms with E-state index in [0.29, 0.717) is 0 Å². The zero-order valence-corrected chi connectivity index (χ0v) is 13.5. The van der Waals surface area contributed by atoms with Gasteiger partial charge in [-0.05, 0) is 13.3 Å². The number of aryl methyl sites for hydroxylation is 2. The monoisotopic (exact) mass is 296 g/mol. The highest BCUT2D eigenvalue weighted by Gasteiger charge is 2.14. The summed E-state index contributed by atoms with van der Waals surface area (Å²) in [4.78, 5) is 11.9. The lowest BCUT2D eigenvalue weighted by atomic mass is 10.1. The van der Waals surface area contributed by atoms with Gasteiger partial charge in [0, 0.05) is 43.5 Å². The number of hydrogen-bond donors (Lipinski definition) is 1. The Labute approximate surface area is 132 Å². The third-order valence-corrected chi connectivity index (χ3v) is 4.02. The molecule has 1 N–H and O–H groups in total. The van der Waals surface area contributed by atoms with Crippen LogP contribution in [0.3, 0.4) is 0 Å². The van der Waals surface area contributed by atoms with Crippen molar-refractivity contribution in [2.75, 3.05) is 31.1 Å². The number of rotatable bonds is 4. The van der Waals surface area contributed by atoms with Crippen LogP contribution in [0.15, 0.2) is 30.3 Å². The second-order valence-corrected chi connectivity index (χ2v) is 5.89. The summed E-state index contributed by atoms with van der Waals surface area (Å²) in [6, 6.07) is 10.6. The van der Waals surface area contributed by atoms with Crippen LogP contribution in [0.25, 0.3) is 11.4 Å². The Morgan fingerprint density at radius 2 is 1.82 bits per heavy atom. The number of nitrogens with one attached hydrogen (secondary N) is 1. The van der Waals surface area contributed by atoms with E-state index in [1.54, 1.807) is 0 Å². The SMILES string of the molecule is CCCc1cc(N2CCNCC2)nc(-c2ccc(C)cc2)n1. The Balaban J connectivity index is 1.97. The number of piperazine rings is 1. The van der Waals surface area contributed by atoms with E-state index in [1.165, 1.54) is 5.56 Å². The minimum absolute atomic E-state index is 0.847. The Morgan fingerprint density at radius 1 is 1.09 bits per heavy atom. The maximum Gasteiger partial charge on any atom is 0.161 e. The highest BCUT2D eigenvalue weighted by Crippen LogP contribution is 2.21. The van der Waals surface area contributed by atoms with Crippen LogP contribution in [0.4, 0.5) is 5.82 Å². The normalized spacial score (nSPS) is 15.1. The Kier molecular flexibility index (Phi) is 4.68. The molecule has 2 heterocycles. The molecule has 1 aromatic carbocycles. The van der Waals surface area contributed by atoms with Crippen LogP contribution in [0, 0.1) is 6.92 Å². The molecular weight excluding hydrogens is 272 g/mol. The molecule has 22 heavy (non-hydrogen) atoms. The summed E-state index contributed by atoms with van der Waals surface area (Å²) < 4.78 is 0. The van der Waals surface area contributed by atoms with Crippen LogP contribution >= 0.6 is 0 Å². The molecule has 4 nitrogen and oxygen atoms in total. The third-order valence-electron chi connectivity index (χ3n) is 4.02. The minimum atomic E-state index is 0.847. The van der Waals surface area contributed by atoms with Gasteiger partial charge in [-0.15, -0.1) is 0 Å². The predicted molar refractivity (Wildman–Crippen MR) is 91.3 cm³/mol. The second-order valence-electron chi connectivity index (χ2n) is 5.89. The van der Waals surface area contributed by atoms with Crippen molar-refractivity contribution < 1.29 is 0 Å². The van der Waals surface area contributed by atoms with E-state index in [-0.39, 0.29) is 0 Å². The first kappa shape index (κ1) is 15.0. The summed E-state index contributed by atoms with van der Waals surface area (Å²) in [5.41, 5.74) is 3.50. The Morgan fingerprint density at radius 3 is 2.50 bits per heavy atom. The zero-order chi connectivity index (χ0) is 15.4. The van der Waals surface area contributed by atoms with E-state index >= 15 is 0 Å². The molecule has 4 heteroatoms. The fraction of sp³-hybridized carbons (Fsp3) is 0.444. The van der Waals surface area contributed by atoms with E-state index in [2.05, 4.69) is 54.4 Å². The molecule has 1 fully saturated rings. The van der Waals surface area contributed by atoms with Crippen LogP contribution in [0.5, 0.6) is 0 Å². The van der Waals surface area contributed by atoms with Gasteiger partial charge in [-0.3, -0.25) is 0 Å². The topological polar surface area (TPSA) is 41.0 Å². The van der Waals surface area contributed by atoms with Gasteiger partial charge in [-0.25, -0.2) is 9.97 Å². The zero-order valence-electron chi connectivity index (χ0n) is 13.5. The van der Waals surface area contributed by atoms with E-state index in [1.807, 2.05) is 0 Å². The standard InChI is InChI=1S/C18H24N4/c1-3-4-16-13-17(22-11-9-19-10-12-22)21-18(20-16)15-7-5-14(2)6-8-15/h5-8,13,19H,3-4,9-12H2,1-2H3. The third kappa shape index (κ3) is 3.45. The van der Waals surface area contributed by atoms with Crippen LogP contribution in [-0.4, -0.2) is 36.1 Å². The van der Waals surface area contributed by atoms with Gasteiger partial charge < -0.3 is 10.2 Å². The minimum Gasteiger partial charge on any atom is -0.354 e. The molecule has 1 saturated heterocycles. The van der Waals surface area contributed by atoms with Crippen molar-refractivity contribution >= 4 is 5.82 Å². The molecular formula is C18H24N4. The molecule has 1 aromatic heterocycles. The number of hydrogen-bond acceptors (Lipinski definition) is 4. The lowest BCUT2D eigenvalue weighted by Gasteiger charge is -2.29. The fourth-order valence-corrected chi connectivity index (χ4v) is 2.75. The van der Waals surface area contributed by atoms with E-state index in [4.69, 9.17) is 9.97 Å². The molecule has 0 saturated carbocycles. The van der Waals surface area contributed by atoms with Crippen molar-refractivity contribution in [1.82, 2.24) is 15.3 Å². The molecule has 0 unspecified atom stereocenters. The van der Waals surface area contributed by atoms with Gasteiger partial charge in [0.05, 0.1) is 0 Å². The highest BCUT2D eigenvalue weighted by molar-refractivity contribution is 5.58. The molecule has 0 atom stereocenters. The van der Waals surface area contributed by atoms with Crippen molar-refractivity contribution in [2.45, 2.75) is 26.7 Å². The average molecular weight is 296 g/mol. The first-order valence-corrected chi connectivity index (χ1v) is 8.17. The van der Waals surface area contributed by atoms with Gasteiger partial charge in [0.15, 0.2) is 5.82 Å². The lowest BCUT2D eigenvalue weighted by molar-refractivity contribution is 0.584. The van der Waals surface area contributed by atoms with Crippen LogP contribution in [0.1, 0.15) is 24.6 Å². The van der Waals surface area contributed by atoms with Crippen molar-refractivity contribution in [1.29, 1.82) is 0 Å². The number of aromatic nitrogens is 2. The molecule has 0 spiro atoms. The van der Waals surface area contributed by atoms with Crippen molar-refractivity contribution in [3.63, 3.8) is 0 Å². The van der Waals surface area contributed by atoms with Crippen LogP contribution in [-0.2, 0) is 6.42 Å². The summed E-state index contributed by atoms with van der Waals surface area (Å²) in [6.45, 7) is 8.36. The molecule has 1 aliphatic rings. The number of anilines is 1. The molecule has 0 bridgehead atoms. The summed E-state index contributed by atoms with van der Waals surface area (Å²) in [5.74, 6) is 1.91. The average Bonchev–Trinajstić information content (AvgIpc) is 2.56. The Bertz CT molecular complexity index is 615. The van der Waals surface area contributed by atoms with Crippen molar-refractivity contribution in [2.24, 2.45) is 0 Å². The lowest BCUT2D eigenvalue weighted by Crippen LogP contribution is -2.44. The van der Waals surface area contributed by atoms with E-state index in [9.17, 15) is 0 Å². The van der Waals surface area contributed by atoms with Crippen LogP contribution in [0.2, 0.25) is 0 Å². The molecule has 0 amide bonds. The molecule has 116 valence electrons. The van der Waals surface area contributed by atoms with Gasteiger partial charge in [-0.2, -0.15) is 0 Å². The molecule has 0 radical (unpaired) electrons. The first-order valence-electron chi connectivity index (χ1n) is 8.17. The predicted octanol–water partition coefficient (Wildman–Crippen LogP) is 2.81. The van der Waals surface area contributed by atoms with Crippen molar-refractivity contribution in [3.05, 3.63) is 41.6 Å². The number of nitrogens with zero attached hydrogens (tertiary/aromatic N) is 3. The van der Waals surface area contributed by atoms with Gasteiger partial charge in [0.1, 0.15) is 5.82 Å². The van der Waals surface area contributed by atoms with E-state index < -0.39 is 0 Å². The van der Waals surface area contributed by atoms with Gasteiger partial charge in [-0.1, -0.05) is 43.2 Å². The molecule has 2 aromatic rings. The summed E-state index contributed by atoms with van der Waals surface area (Å²) in [7, 11) is 0. The Hall–Kier alpha value is -1.94. The largest absolute Gasteiger partial charge is 0.354 e. The quantitative estimate of drug-likeness (QED) is 0.942. The molecule has 1 aliphatic heterocycles. The highest BCUT2D eigenvalue weighted by atomic mass is 15.2. The maximum atomic E-state index is 4.83. The maximum absolute atomic E-state index is 4.83. The summed E-state index contributed by atoms with van der Waals surface area (Å²) >= 11 is 0. The second kappa shape index (κ2) is 6.88. The van der Waals surface area contributed by atoms with Gasteiger partial charge in [0.2, 0.25) is 0 Å². The number of benzene rings is 1. The van der Waals surface area contributed by atoms with Gasteiger partial charge in [0.25, 0.3) is 0 Å². The smallest absolute Gasteiger partial charge is 0.161 e. The van der Waals surface area contributed by atoms with E-state index in [0.717, 1.165) is 61.9 Å². The molecule has 3 rings (SSSR count). The van der Waals surface area contributed by atoms with Crippen molar-refractivity contribution in [3.8, 4) is 11.4 Å². The fourth-order valence-electron chi connectivity index (χ4n) is 2.75. The van der Waals surface area contributed by atoms with Crippen LogP contribution < -0.4 is 10.2 Å². The van der Waals surface area contributed by atoms with Gasteiger partial charge >= 0.3 is 0 Å². The molecule has 0 aliphatic carbocycles.